The highest BCUT2D eigenvalue weighted by Gasteiger charge is 2.41. The number of Topliss-reactive ketones (excluding diaryl/α,β-unsaturated/α-hetero) is 1. The van der Waals surface area contributed by atoms with Gasteiger partial charge < -0.3 is 15.1 Å². The summed E-state index contributed by atoms with van der Waals surface area (Å²) in [5.41, 5.74) is 0.735. The van der Waals surface area contributed by atoms with E-state index in [2.05, 4.69) is 15.9 Å². The second kappa shape index (κ2) is 6.95. The van der Waals surface area contributed by atoms with Gasteiger partial charge in [-0.05, 0) is 31.0 Å². The fraction of sp³-hybridized carbons (Fsp3) is 0.312. The van der Waals surface area contributed by atoms with Crippen LogP contribution in [0.25, 0.3) is 0 Å². The molecular weight excluding hydrogens is 366 g/mol. The molecule has 0 fully saturated rings. The van der Waals surface area contributed by atoms with Crippen molar-refractivity contribution in [3.8, 4) is 0 Å². The van der Waals surface area contributed by atoms with Gasteiger partial charge in [-0.25, -0.2) is 0 Å². The zero-order valence-corrected chi connectivity index (χ0v) is 14.0. The number of nitrogens with zero attached hydrogens (tertiary/aromatic N) is 1. The Bertz CT molecular complexity index is 680. The van der Waals surface area contributed by atoms with Crippen molar-refractivity contribution in [1.82, 2.24) is 4.90 Å². The van der Waals surface area contributed by atoms with Crippen LogP contribution < -0.4 is 0 Å². The predicted octanol–water partition coefficient (Wildman–Crippen LogP) is 2.60. The lowest BCUT2D eigenvalue weighted by Crippen LogP contribution is -2.32. The molecule has 0 saturated carbocycles. The summed E-state index contributed by atoms with van der Waals surface area (Å²) < 4.78 is 0.848. The molecule has 0 saturated heterocycles. The smallest absolute Gasteiger partial charge is 0.303 e. The molecule has 0 unspecified atom stereocenters. The molecule has 2 N–H and O–H groups in total. The number of hydrogen-bond acceptors (Lipinski definition) is 4. The van der Waals surface area contributed by atoms with Gasteiger partial charge in [0.05, 0.1) is 11.6 Å². The number of rotatable bonds is 6. The molecule has 0 radical (unpaired) electrons. The first-order valence-electron chi connectivity index (χ1n) is 7.05. The minimum Gasteiger partial charge on any atom is -0.503 e. The van der Waals surface area contributed by atoms with Crippen LogP contribution in [0.15, 0.2) is 40.1 Å². The fourth-order valence-electron chi connectivity index (χ4n) is 2.64. The Morgan fingerprint density at radius 2 is 1.87 bits per heavy atom. The molecule has 1 aliphatic rings. The van der Waals surface area contributed by atoms with Gasteiger partial charge in [-0.15, -0.1) is 0 Å². The van der Waals surface area contributed by atoms with E-state index in [9.17, 15) is 19.5 Å². The number of aliphatic hydroxyl groups excluding tert-OH is 1. The maximum atomic E-state index is 12.3. The third-order valence-corrected chi connectivity index (χ3v) is 4.19. The minimum atomic E-state index is -0.958. The highest BCUT2D eigenvalue weighted by atomic mass is 79.9. The maximum absolute atomic E-state index is 12.3. The second-order valence-electron chi connectivity index (χ2n) is 5.27. The summed E-state index contributed by atoms with van der Waals surface area (Å²) >= 11 is 3.32. The summed E-state index contributed by atoms with van der Waals surface area (Å²) in [7, 11) is 0. The Labute approximate surface area is 141 Å². The molecule has 122 valence electrons. The van der Waals surface area contributed by atoms with Crippen LogP contribution in [-0.4, -0.2) is 39.3 Å². The molecule has 6 nitrogen and oxygen atoms in total. The van der Waals surface area contributed by atoms with Crippen molar-refractivity contribution in [3.05, 3.63) is 45.6 Å². The van der Waals surface area contributed by atoms with Crippen LogP contribution in [0.4, 0.5) is 0 Å². The van der Waals surface area contributed by atoms with Crippen LogP contribution in [0.3, 0.4) is 0 Å². The quantitative estimate of drug-likeness (QED) is 0.789. The van der Waals surface area contributed by atoms with Gasteiger partial charge >= 0.3 is 5.97 Å². The summed E-state index contributed by atoms with van der Waals surface area (Å²) in [6, 6.07) is 6.38. The second-order valence-corrected chi connectivity index (χ2v) is 6.18. The van der Waals surface area contributed by atoms with Gasteiger partial charge in [-0.3, -0.25) is 14.4 Å². The number of hydrogen-bond donors (Lipinski definition) is 2. The molecule has 0 aliphatic carbocycles. The van der Waals surface area contributed by atoms with Gasteiger partial charge in [-0.1, -0.05) is 28.1 Å². The van der Waals surface area contributed by atoms with Crippen molar-refractivity contribution < 1.29 is 24.6 Å². The Morgan fingerprint density at radius 3 is 2.39 bits per heavy atom. The first-order valence-corrected chi connectivity index (χ1v) is 7.84. The normalized spacial score (nSPS) is 17.7. The number of halogens is 1. The van der Waals surface area contributed by atoms with E-state index in [0.717, 1.165) is 4.47 Å². The minimum absolute atomic E-state index is 0.0487. The van der Waals surface area contributed by atoms with E-state index in [1.54, 1.807) is 24.3 Å². The third kappa shape index (κ3) is 3.61. The van der Waals surface area contributed by atoms with E-state index in [1.807, 2.05) is 0 Å². The summed E-state index contributed by atoms with van der Waals surface area (Å²) in [6.45, 7) is 1.44. The number of benzene rings is 1. The van der Waals surface area contributed by atoms with E-state index >= 15 is 0 Å². The number of carbonyl (C=O) groups is 3. The Balaban J connectivity index is 2.36. The topological polar surface area (TPSA) is 94.9 Å². The molecule has 1 aromatic rings. The third-order valence-electron chi connectivity index (χ3n) is 3.66. The van der Waals surface area contributed by atoms with Crippen LogP contribution in [0.1, 0.15) is 31.4 Å². The number of amides is 1. The van der Waals surface area contributed by atoms with Crippen molar-refractivity contribution in [2.24, 2.45) is 0 Å². The average molecular weight is 382 g/mol. The number of carboxylic acid groups (broad SMARTS) is 1. The number of carboxylic acids is 1. The molecule has 1 heterocycles. The Hall–Kier alpha value is -2.15. The van der Waals surface area contributed by atoms with Crippen molar-refractivity contribution in [1.29, 1.82) is 0 Å². The van der Waals surface area contributed by atoms with E-state index in [-0.39, 0.29) is 30.7 Å². The molecule has 1 aliphatic heterocycles. The van der Waals surface area contributed by atoms with Gasteiger partial charge in [0.15, 0.2) is 11.5 Å². The molecule has 1 atom stereocenters. The van der Waals surface area contributed by atoms with Gasteiger partial charge in [0.2, 0.25) is 0 Å². The largest absolute Gasteiger partial charge is 0.503 e. The molecule has 0 spiro atoms. The Morgan fingerprint density at radius 1 is 1.26 bits per heavy atom. The van der Waals surface area contributed by atoms with E-state index < -0.39 is 23.7 Å². The monoisotopic (exact) mass is 381 g/mol. The summed E-state index contributed by atoms with van der Waals surface area (Å²) in [6.07, 6.45) is 0.152. The number of aliphatic carboxylic acids is 1. The number of carbonyl (C=O) groups excluding carboxylic acids is 2. The van der Waals surface area contributed by atoms with Gasteiger partial charge in [-0.2, -0.15) is 0 Å². The average Bonchev–Trinajstić information content (AvgIpc) is 2.72. The van der Waals surface area contributed by atoms with Crippen molar-refractivity contribution in [2.45, 2.75) is 25.8 Å². The predicted molar refractivity (Wildman–Crippen MR) is 85.8 cm³/mol. The van der Waals surface area contributed by atoms with Crippen molar-refractivity contribution in [2.75, 3.05) is 6.54 Å². The molecule has 23 heavy (non-hydrogen) atoms. The molecule has 7 heteroatoms. The highest BCUT2D eigenvalue weighted by molar-refractivity contribution is 9.10. The van der Waals surface area contributed by atoms with Crippen molar-refractivity contribution in [3.63, 3.8) is 0 Å². The highest BCUT2D eigenvalue weighted by Crippen LogP contribution is 2.38. The lowest BCUT2D eigenvalue weighted by molar-refractivity contribution is -0.138. The summed E-state index contributed by atoms with van der Waals surface area (Å²) in [5, 5.41) is 18.8. The molecule has 2 rings (SSSR count). The standard InChI is InChI=1S/C16H16BrNO5/c1-9(19)13-14(10-4-6-11(17)7-5-10)18(16(23)15(13)22)8-2-3-12(20)21/h4-7,14,22H,2-3,8H2,1H3,(H,20,21)/t14-/m0/s1. The van der Waals surface area contributed by atoms with Crippen molar-refractivity contribution >= 4 is 33.6 Å². The molecule has 1 amide bonds. The lowest BCUT2D eigenvalue weighted by Gasteiger charge is -2.26. The van der Waals surface area contributed by atoms with Crippen LogP contribution in [-0.2, 0) is 14.4 Å². The molecule has 0 bridgehead atoms. The molecule has 1 aromatic carbocycles. The van der Waals surface area contributed by atoms with Gasteiger partial charge in [0.25, 0.3) is 5.91 Å². The van der Waals surface area contributed by atoms with Crippen LogP contribution in [0.5, 0.6) is 0 Å². The lowest BCUT2D eigenvalue weighted by atomic mass is 9.97. The zero-order valence-electron chi connectivity index (χ0n) is 12.5. The first-order chi connectivity index (χ1) is 10.8. The SMILES string of the molecule is CC(=O)C1=C(O)C(=O)N(CCCC(=O)O)[C@H]1c1ccc(Br)cc1. The molecule has 0 aromatic heterocycles. The fourth-order valence-corrected chi connectivity index (χ4v) is 2.90. The number of aliphatic hydroxyl groups is 1. The van der Waals surface area contributed by atoms with Gasteiger partial charge in [0, 0.05) is 17.4 Å². The summed E-state index contributed by atoms with van der Waals surface area (Å²) in [5.74, 6) is -2.54. The summed E-state index contributed by atoms with van der Waals surface area (Å²) in [4.78, 5) is 36.1. The van der Waals surface area contributed by atoms with Crippen LogP contribution in [0.2, 0.25) is 0 Å². The first kappa shape index (κ1) is 17.2. The van der Waals surface area contributed by atoms with Crippen LogP contribution in [0, 0.1) is 0 Å². The molecular formula is C16H16BrNO5. The van der Waals surface area contributed by atoms with E-state index in [4.69, 9.17) is 5.11 Å². The Kier molecular flexibility index (Phi) is 5.20. The van der Waals surface area contributed by atoms with E-state index in [1.165, 1.54) is 11.8 Å². The number of ketones is 1. The zero-order chi connectivity index (χ0) is 17.1. The van der Waals surface area contributed by atoms with Crippen LogP contribution >= 0.6 is 15.9 Å². The maximum Gasteiger partial charge on any atom is 0.303 e. The van der Waals surface area contributed by atoms with Gasteiger partial charge in [0.1, 0.15) is 0 Å². The van der Waals surface area contributed by atoms with E-state index in [0.29, 0.717) is 5.56 Å².